The van der Waals surface area contributed by atoms with Crippen LogP contribution in [0.2, 0.25) is 0 Å². The molecule has 7 heteroatoms. The Hall–Kier alpha value is -2.67. The molecule has 1 aromatic carbocycles. The molecule has 0 saturated heterocycles. The van der Waals surface area contributed by atoms with Gasteiger partial charge in [-0.05, 0) is 49.8 Å². The molecule has 0 aliphatic carbocycles. The highest BCUT2D eigenvalue weighted by molar-refractivity contribution is 6.05. The summed E-state index contributed by atoms with van der Waals surface area (Å²) < 4.78 is 6.89. The van der Waals surface area contributed by atoms with Gasteiger partial charge >= 0.3 is 0 Å². The van der Waals surface area contributed by atoms with Gasteiger partial charge in [-0.25, -0.2) is 4.98 Å². The van der Waals surface area contributed by atoms with Crippen LogP contribution < -0.4 is 10.6 Å². The first-order valence-corrected chi connectivity index (χ1v) is 9.90. The zero-order valence-electron chi connectivity index (χ0n) is 16.6. The number of anilines is 1. The average molecular weight is 384 g/mol. The summed E-state index contributed by atoms with van der Waals surface area (Å²) >= 11 is 0. The second kappa shape index (κ2) is 9.50. The fourth-order valence-corrected chi connectivity index (χ4v) is 3.41. The van der Waals surface area contributed by atoms with Gasteiger partial charge < -0.3 is 19.9 Å². The Kier molecular flexibility index (Phi) is 6.81. The minimum atomic E-state index is -0.270. The number of amides is 2. The lowest BCUT2D eigenvalue weighted by Crippen LogP contribution is -2.29. The van der Waals surface area contributed by atoms with Crippen molar-refractivity contribution < 1.29 is 14.3 Å². The molecule has 1 aliphatic heterocycles. The highest BCUT2D eigenvalue weighted by Crippen LogP contribution is 2.22. The minimum absolute atomic E-state index is 0.245. The Morgan fingerprint density at radius 3 is 2.68 bits per heavy atom. The van der Waals surface area contributed by atoms with Gasteiger partial charge in [0.25, 0.3) is 11.8 Å². The van der Waals surface area contributed by atoms with E-state index in [1.165, 1.54) is 5.56 Å². The molecule has 3 rings (SSSR count). The van der Waals surface area contributed by atoms with Crippen LogP contribution in [-0.2, 0) is 24.1 Å². The normalized spacial score (nSPS) is 13.1. The van der Waals surface area contributed by atoms with Crippen molar-refractivity contribution in [1.29, 1.82) is 0 Å². The van der Waals surface area contributed by atoms with E-state index in [0.29, 0.717) is 31.2 Å². The number of imidazole rings is 1. The van der Waals surface area contributed by atoms with Crippen LogP contribution >= 0.6 is 0 Å². The number of nitrogens with zero attached hydrogens (tertiary/aromatic N) is 2. The Morgan fingerprint density at radius 1 is 1.18 bits per heavy atom. The third kappa shape index (κ3) is 4.59. The number of hydrogen-bond acceptors (Lipinski definition) is 4. The van der Waals surface area contributed by atoms with E-state index in [9.17, 15) is 9.59 Å². The second-order valence-corrected chi connectivity index (χ2v) is 6.95. The molecule has 1 aliphatic rings. The summed E-state index contributed by atoms with van der Waals surface area (Å²) in [5.41, 5.74) is 3.13. The molecule has 0 saturated carbocycles. The number of methoxy groups -OCH3 is 1. The number of nitrogens with one attached hydrogen (secondary N) is 2. The third-order valence-electron chi connectivity index (χ3n) is 4.97. The lowest BCUT2D eigenvalue weighted by atomic mass is 10.1. The third-order valence-corrected chi connectivity index (χ3v) is 4.97. The smallest absolute Gasteiger partial charge is 0.287 e. The van der Waals surface area contributed by atoms with Crippen LogP contribution in [0.25, 0.3) is 0 Å². The Morgan fingerprint density at radius 2 is 1.96 bits per heavy atom. The van der Waals surface area contributed by atoms with Crippen molar-refractivity contribution in [3.63, 3.8) is 0 Å². The molecule has 0 bridgehead atoms. The number of rotatable bonds is 8. The van der Waals surface area contributed by atoms with Crippen molar-refractivity contribution in [2.45, 2.75) is 45.6 Å². The quantitative estimate of drug-likeness (QED) is 0.686. The monoisotopic (exact) mass is 384 g/mol. The maximum absolute atomic E-state index is 12.8. The first kappa shape index (κ1) is 20.1. The summed E-state index contributed by atoms with van der Waals surface area (Å²) in [5.74, 6) is -0.197. The van der Waals surface area contributed by atoms with Crippen molar-refractivity contribution in [2.75, 3.05) is 25.6 Å². The molecule has 28 heavy (non-hydrogen) atoms. The highest BCUT2D eigenvalue weighted by atomic mass is 16.5. The number of hydrogen-bond donors (Lipinski definition) is 2. The van der Waals surface area contributed by atoms with E-state index in [4.69, 9.17) is 4.74 Å². The molecular weight excluding hydrogens is 356 g/mol. The first-order valence-electron chi connectivity index (χ1n) is 9.90. The fourth-order valence-electron chi connectivity index (χ4n) is 3.41. The van der Waals surface area contributed by atoms with Crippen LogP contribution in [0.5, 0.6) is 0 Å². The summed E-state index contributed by atoms with van der Waals surface area (Å²) in [6.45, 7) is 3.90. The van der Waals surface area contributed by atoms with Gasteiger partial charge in [0.15, 0.2) is 11.5 Å². The predicted octanol–water partition coefficient (Wildman–Crippen LogP) is 2.80. The van der Waals surface area contributed by atoms with Gasteiger partial charge in [0.2, 0.25) is 0 Å². The van der Waals surface area contributed by atoms with Crippen LogP contribution in [0.15, 0.2) is 24.3 Å². The summed E-state index contributed by atoms with van der Waals surface area (Å²) in [4.78, 5) is 29.8. The van der Waals surface area contributed by atoms with Crippen molar-refractivity contribution in [2.24, 2.45) is 0 Å². The molecule has 7 nitrogen and oxygen atoms in total. The number of aryl methyl sites for hydroxylation is 1. The molecular formula is C21H28N4O3. The number of carbonyl (C=O) groups excluding carboxylic acids is 2. The lowest BCUT2D eigenvalue weighted by Gasteiger charge is -2.17. The maximum atomic E-state index is 12.8. The van der Waals surface area contributed by atoms with E-state index in [2.05, 4.69) is 22.5 Å². The van der Waals surface area contributed by atoms with Crippen LogP contribution in [0, 0.1) is 0 Å². The fraction of sp³-hybridized carbons (Fsp3) is 0.476. The number of aromatic nitrogens is 2. The number of ether oxygens (including phenoxy) is 1. The molecule has 2 amide bonds. The molecule has 150 valence electrons. The van der Waals surface area contributed by atoms with E-state index in [1.54, 1.807) is 7.11 Å². The number of carbonyl (C=O) groups is 2. The molecule has 0 spiro atoms. The van der Waals surface area contributed by atoms with Crippen LogP contribution in [-0.4, -0.2) is 41.6 Å². The standard InChI is InChI=1S/C21H28N4O3/c1-3-15-8-10-16(11-9-15)23-20(26)18-17-7-4-5-13-25(17)19(24-18)21(27)22-12-6-14-28-2/h8-11H,3-7,12-14H2,1-2H3,(H,22,27)(H,23,26). The largest absolute Gasteiger partial charge is 0.385 e. The van der Waals surface area contributed by atoms with Crippen molar-refractivity contribution in [3.05, 3.63) is 47.0 Å². The zero-order chi connectivity index (χ0) is 19.9. The zero-order valence-corrected chi connectivity index (χ0v) is 16.6. The van der Waals surface area contributed by atoms with Gasteiger partial charge in [-0.1, -0.05) is 19.1 Å². The SMILES string of the molecule is CCc1ccc(NC(=O)c2nc(C(=O)NCCCOC)n3c2CCCC3)cc1. The average Bonchev–Trinajstić information content (AvgIpc) is 3.11. The van der Waals surface area contributed by atoms with Crippen LogP contribution in [0.3, 0.4) is 0 Å². The van der Waals surface area contributed by atoms with Gasteiger partial charge in [0.1, 0.15) is 0 Å². The molecule has 0 atom stereocenters. The summed E-state index contributed by atoms with van der Waals surface area (Å²) in [5, 5.41) is 5.77. The molecule has 1 aromatic heterocycles. The molecule has 0 unspecified atom stereocenters. The Balaban J connectivity index is 1.77. The van der Waals surface area contributed by atoms with Gasteiger partial charge in [-0.2, -0.15) is 0 Å². The van der Waals surface area contributed by atoms with E-state index >= 15 is 0 Å². The molecule has 0 radical (unpaired) electrons. The maximum Gasteiger partial charge on any atom is 0.287 e. The highest BCUT2D eigenvalue weighted by Gasteiger charge is 2.27. The minimum Gasteiger partial charge on any atom is -0.385 e. The van der Waals surface area contributed by atoms with E-state index in [1.807, 2.05) is 28.8 Å². The summed E-state index contributed by atoms with van der Waals surface area (Å²) in [6.07, 6.45) is 4.41. The molecule has 0 fully saturated rings. The van der Waals surface area contributed by atoms with E-state index in [0.717, 1.165) is 43.5 Å². The Bertz CT molecular complexity index is 827. The van der Waals surface area contributed by atoms with Crippen molar-refractivity contribution >= 4 is 17.5 Å². The number of fused-ring (bicyclic) bond motifs is 1. The topological polar surface area (TPSA) is 85.2 Å². The van der Waals surface area contributed by atoms with Crippen LogP contribution in [0.1, 0.15) is 58.6 Å². The predicted molar refractivity (Wildman–Crippen MR) is 108 cm³/mol. The van der Waals surface area contributed by atoms with E-state index < -0.39 is 0 Å². The summed E-state index contributed by atoms with van der Waals surface area (Å²) in [6, 6.07) is 7.78. The van der Waals surface area contributed by atoms with Gasteiger partial charge in [-0.3, -0.25) is 9.59 Å². The van der Waals surface area contributed by atoms with Crippen molar-refractivity contribution in [3.8, 4) is 0 Å². The molecule has 2 N–H and O–H groups in total. The van der Waals surface area contributed by atoms with Crippen molar-refractivity contribution in [1.82, 2.24) is 14.9 Å². The van der Waals surface area contributed by atoms with Gasteiger partial charge in [0.05, 0.1) is 5.69 Å². The molecule has 2 aromatic rings. The molecule has 2 heterocycles. The second-order valence-electron chi connectivity index (χ2n) is 6.95. The van der Waals surface area contributed by atoms with Crippen LogP contribution in [0.4, 0.5) is 5.69 Å². The lowest BCUT2D eigenvalue weighted by molar-refractivity contribution is 0.0932. The van der Waals surface area contributed by atoms with Gasteiger partial charge in [-0.15, -0.1) is 0 Å². The van der Waals surface area contributed by atoms with E-state index in [-0.39, 0.29) is 11.8 Å². The Labute approximate surface area is 165 Å². The summed E-state index contributed by atoms with van der Waals surface area (Å²) in [7, 11) is 1.63. The van der Waals surface area contributed by atoms with Gasteiger partial charge in [0, 0.05) is 32.5 Å². The first-order chi connectivity index (χ1) is 13.6. The number of benzene rings is 1.